The van der Waals surface area contributed by atoms with Crippen molar-refractivity contribution in [2.75, 3.05) is 13.4 Å². The summed E-state index contributed by atoms with van der Waals surface area (Å²) >= 11 is 0. The molecule has 0 saturated heterocycles. The van der Waals surface area contributed by atoms with Crippen molar-refractivity contribution in [3.8, 4) is 11.8 Å². The lowest BCUT2D eigenvalue weighted by Crippen LogP contribution is -2.07. The van der Waals surface area contributed by atoms with E-state index in [1.54, 1.807) is 0 Å². The summed E-state index contributed by atoms with van der Waals surface area (Å²) in [5.41, 5.74) is -0.524. The Bertz CT molecular complexity index is 549. The molecular formula is C16H17F5O2. The molecule has 2 nitrogen and oxygen atoms in total. The Morgan fingerprint density at radius 1 is 1.22 bits per heavy atom. The Kier molecular flexibility index (Phi) is 7.46. The number of aryl methyl sites for hydroxylation is 1. The molecule has 0 amide bonds. The molecule has 7 heteroatoms. The maximum atomic E-state index is 13.7. The van der Waals surface area contributed by atoms with Crippen molar-refractivity contribution in [2.24, 2.45) is 5.92 Å². The molecule has 128 valence electrons. The molecule has 0 aromatic heterocycles. The molecule has 0 aliphatic rings. The second-order valence-corrected chi connectivity index (χ2v) is 5.18. The van der Waals surface area contributed by atoms with Crippen molar-refractivity contribution in [1.29, 1.82) is 0 Å². The van der Waals surface area contributed by atoms with Crippen LogP contribution in [0.25, 0.3) is 0 Å². The summed E-state index contributed by atoms with van der Waals surface area (Å²) in [6, 6.07) is 2.00. The van der Waals surface area contributed by atoms with E-state index in [1.807, 2.05) is 6.92 Å². The first-order valence-corrected chi connectivity index (χ1v) is 6.99. The van der Waals surface area contributed by atoms with E-state index in [0.717, 1.165) is 24.5 Å². The highest BCUT2D eigenvalue weighted by molar-refractivity contribution is 5.39. The van der Waals surface area contributed by atoms with Crippen LogP contribution in [0.15, 0.2) is 12.1 Å². The van der Waals surface area contributed by atoms with Crippen molar-refractivity contribution in [3.63, 3.8) is 0 Å². The van der Waals surface area contributed by atoms with Gasteiger partial charge in [0, 0.05) is 5.92 Å². The standard InChI is InChI=1S/C16H17F5O2/c1-11(9-23-10-22)3-2-4-12-7-14(17)13(15(18)8-12)5-6-16(19,20)21/h7-8,11,22H,2-4,9-10H2,1H3. The number of aliphatic hydroxyl groups is 1. The van der Waals surface area contributed by atoms with Crippen molar-refractivity contribution in [3.05, 3.63) is 34.9 Å². The first kappa shape index (κ1) is 19.4. The monoisotopic (exact) mass is 336 g/mol. The van der Waals surface area contributed by atoms with E-state index in [1.165, 1.54) is 5.92 Å². The van der Waals surface area contributed by atoms with Crippen LogP contribution in [0.1, 0.15) is 30.9 Å². The normalized spacial score (nSPS) is 12.7. The van der Waals surface area contributed by atoms with Crippen molar-refractivity contribution in [1.82, 2.24) is 0 Å². The highest BCUT2D eigenvalue weighted by atomic mass is 19.4. The third-order valence-corrected chi connectivity index (χ3v) is 3.09. The zero-order valence-electron chi connectivity index (χ0n) is 12.5. The fourth-order valence-corrected chi connectivity index (χ4v) is 2.01. The minimum absolute atomic E-state index is 0.175. The maximum Gasteiger partial charge on any atom is 0.458 e. The van der Waals surface area contributed by atoms with Crippen LogP contribution in [0.3, 0.4) is 0 Å². The first-order valence-electron chi connectivity index (χ1n) is 6.99. The van der Waals surface area contributed by atoms with E-state index < -0.39 is 23.4 Å². The van der Waals surface area contributed by atoms with E-state index in [0.29, 0.717) is 25.0 Å². The van der Waals surface area contributed by atoms with Gasteiger partial charge < -0.3 is 9.84 Å². The van der Waals surface area contributed by atoms with Gasteiger partial charge in [-0.05, 0) is 42.9 Å². The number of alkyl halides is 3. The molecule has 0 heterocycles. The summed E-state index contributed by atoms with van der Waals surface area (Å²) < 4.78 is 68.1. The smallest absolute Gasteiger partial charge is 0.371 e. The van der Waals surface area contributed by atoms with Gasteiger partial charge in [-0.3, -0.25) is 0 Å². The highest BCUT2D eigenvalue weighted by Gasteiger charge is 2.23. The number of hydrogen-bond acceptors (Lipinski definition) is 2. The van der Waals surface area contributed by atoms with Gasteiger partial charge in [-0.25, -0.2) is 8.78 Å². The van der Waals surface area contributed by atoms with E-state index in [2.05, 4.69) is 0 Å². The fourth-order valence-electron chi connectivity index (χ4n) is 2.01. The molecule has 0 radical (unpaired) electrons. The molecule has 0 aliphatic carbocycles. The molecule has 1 rings (SSSR count). The summed E-state index contributed by atoms with van der Waals surface area (Å²) in [6.45, 7) is 1.93. The number of rotatable bonds is 7. The fraction of sp³-hybridized carbons (Fsp3) is 0.500. The van der Waals surface area contributed by atoms with Gasteiger partial charge in [0.2, 0.25) is 0 Å². The van der Waals surface area contributed by atoms with Gasteiger partial charge in [-0.1, -0.05) is 12.8 Å². The van der Waals surface area contributed by atoms with Gasteiger partial charge in [0.05, 0.1) is 12.2 Å². The topological polar surface area (TPSA) is 29.5 Å². The molecule has 23 heavy (non-hydrogen) atoms. The lowest BCUT2D eigenvalue weighted by molar-refractivity contribution is -0.0696. The average molecular weight is 336 g/mol. The van der Waals surface area contributed by atoms with E-state index in [-0.39, 0.29) is 12.7 Å². The van der Waals surface area contributed by atoms with Gasteiger partial charge in [0.1, 0.15) is 18.4 Å². The largest absolute Gasteiger partial charge is 0.458 e. The highest BCUT2D eigenvalue weighted by Crippen LogP contribution is 2.19. The van der Waals surface area contributed by atoms with Gasteiger partial charge in [0.15, 0.2) is 0 Å². The Morgan fingerprint density at radius 2 is 1.83 bits per heavy atom. The molecule has 0 saturated carbocycles. The van der Waals surface area contributed by atoms with E-state index in [4.69, 9.17) is 9.84 Å². The number of ether oxygens (including phenoxy) is 1. The maximum absolute atomic E-state index is 13.7. The predicted molar refractivity (Wildman–Crippen MR) is 74.4 cm³/mol. The quantitative estimate of drug-likeness (QED) is 0.466. The Hall–Kier alpha value is -1.65. The third kappa shape index (κ3) is 7.44. The molecular weight excluding hydrogens is 319 g/mol. The minimum atomic E-state index is -4.80. The summed E-state index contributed by atoms with van der Waals surface area (Å²) in [5, 5.41) is 8.51. The summed E-state index contributed by atoms with van der Waals surface area (Å²) in [4.78, 5) is 0. The minimum Gasteiger partial charge on any atom is -0.371 e. The molecule has 0 fully saturated rings. The molecule has 0 spiro atoms. The van der Waals surface area contributed by atoms with Crippen molar-refractivity contribution < 1.29 is 31.8 Å². The number of hydrogen-bond donors (Lipinski definition) is 1. The predicted octanol–water partition coefficient (Wildman–Crippen LogP) is 3.80. The average Bonchev–Trinajstić information content (AvgIpc) is 2.43. The molecule has 1 aromatic carbocycles. The zero-order chi connectivity index (χ0) is 17.5. The molecule has 0 bridgehead atoms. The van der Waals surface area contributed by atoms with E-state index >= 15 is 0 Å². The Labute approximate surface area is 131 Å². The molecule has 1 aromatic rings. The number of halogens is 5. The SMILES string of the molecule is CC(CCCc1cc(F)c(C#CC(F)(F)F)c(F)c1)COCO. The summed E-state index contributed by atoms with van der Waals surface area (Å²) in [6.07, 6.45) is -3.07. The molecule has 1 unspecified atom stereocenters. The van der Waals surface area contributed by atoms with Crippen molar-refractivity contribution >= 4 is 0 Å². The summed E-state index contributed by atoms with van der Waals surface area (Å²) in [7, 11) is 0. The first-order chi connectivity index (χ1) is 10.7. The Balaban J connectivity index is 2.68. The second-order valence-electron chi connectivity index (χ2n) is 5.18. The van der Waals surface area contributed by atoms with Crippen LogP contribution in [-0.2, 0) is 11.2 Å². The van der Waals surface area contributed by atoms with Crippen LogP contribution in [0.4, 0.5) is 22.0 Å². The van der Waals surface area contributed by atoms with Gasteiger partial charge >= 0.3 is 6.18 Å². The second kappa shape index (κ2) is 8.85. The number of aliphatic hydroxyl groups excluding tert-OH is 1. The van der Waals surface area contributed by atoms with Gasteiger partial charge in [0.25, 0.3) is 0 Å². The van der Waals surface area contributed by atoms with Gasteiger partial charge in [-0.2, -0.15) is 13.2 Å². The lowest BCUT2D eigenvalue weighted by Gasteiger charge is -2.11. The van der Waals surface area contributed by atoms with Crippen LogP contribution < -0.4 is 0 Å². The van der Waals surface area contributed by atoms with Crippen LogP contribution in [0, 0.1) is 29.4 Å². The van der Waals surface area contributed by atoms with E-state index in [9.17, 15) is 22.0 Å². The summed E-state index contributed by atoms with van der Waals surface area (Å²) in [5.74, 6) is 0.301. The molecule has 1 atom stereocenters. The van der Waals surface area contributed by atoms with Gasteiger partial charge in [-0.15, -0.1) is 0 Å². The van der Waals surface area contributed by atoms with Crippen LogP contribution in [-0.4, -0.2) is 24.7 Å². The zero-order valence-corrected chi connectivity index (χ0v) is 12.5. The molecule has 1 N–H and O–H groups in total. The van der Waals surface area contributed by atoms with Crippen LogP contribution in [0.5, 0.6) is 0 Å². The number of benzene rings is 1. The lowest BCUT2D eigenvalue weighted by atomic mass is 10.0. The molecule has 0 aliphatic heterocycles. The van der Waals surface area contributed by atoms with Crippen LogP contribution in [0.2, 0.25) is 0 Å². The van der Waals surface area contributed by atoms with Crippen LogP contribution >= 0.6 is 0 Å². The third-order valence-electron chi connectivity index (χ3n) is 3.09. The van der Waals surface area contributed by atoms with Crippen molar-refractivity contribution in [2.45, 2.75) is 32.4 Å². The Morgan fingerprint density at radius 3 is 2.35 bits per heavy atom.